The molecule has 0 aliphatic heterocycles. The van der Waals surface area contributed by atoms with E-state index in [0.29, 0.717) is 6.04 Å². The van der Waals surface area contributed by atoms with Crippen molar-refractivity contribution in [3.8, 4) is 0 Å². The molecule has 9 heavy (non-hydrogen) atoms. The van der Waals surface area contributed by atoms with Crippen LogP contribution in [-0.4, -0.2) is 0 Å². The van der Waals surface area contributed by atoms with Crippen molar-refractivity contribution in [2.45, 2.75) is 20.8 Å². The fourth-order valence-electron chi connectivity index (χ4n) is 0.819. The predicted octanol–water partition coefficient (Wildman–Crippen LogP) is 2.61. The second-order valence-corrected chi connectivity index (χ2v) is 2.45. The number of benzene rings is 1. The van der Waals surface area contributed by atoms with Crippen molar-refractivity contribution in [2.24, 2.45) is 0 Å². The van der Waals surface area contributed by atoms with Crippen LogP contribution in [0.1, 0.15) is 18.1 Å². The quantitative estimate of drug-likeness (QED) is 0.496. The Hall–Kier alpha value is -0.780. The molecule has 0 amide bonds. The zero-order chi connectivity index (χ0) is 7.72. The molecule has 1 aromatic rings. The Morgan fingerprint density at radius 1 is 1.11 bits per heavy atom. The van der Waals surface area contributed by atoms with Crippen LogP contribution in [0, 0.1) is 20.8 Å². The van der Waals surface area contributed by atoms with Crippen LogP contribution in [-0.2, 0) is 0 Å². The molecule has 0 aliphatic rings. The Balaban J connectivity index is 3.31. The summed E-state index contributed by atoms with van der Waals surface area (Å²) in [6.45, 7) is 6.17. The second-order valence-electron chi connectivity index (χ2n) is 2.45. The standard InChI is InChI=1S/C9H12/c1-7-5-4-6-8(2)9(7)3/h4-6H,1-3H3/i4T. The van der Waals surface area contributed by atoms with Gasteiger partial charge in [-0.15, -0.1) is 0 Å². The topological polar surface area (TPSA) is 0 Å². The van der Waals surface area contributed by atoms with Gasteiger partial charge >= 0.3 is 0 Å². The van der Waals surface area contributed by atoms with Gasteiger partial charge in [-0.05, 0) is 37.5 Å². The van der Waals surface area contributed by atoms with E-state index in [0.717, 1.165) is 0 Å². The largest absolute Gasteiger partial charge is 0.0623 e. The molecule has 0 heterocycles. The van der Waals surface area contributed by atoms with Crippen LogP contribution in [0.15, 0.2) is 18.2 Å². The van der Waals surface area contributed by atoms with Crippen molar-refractivity contribution in [3.05, 3.63) is 34.9 Å². The van der Waals surface area contributed by atoms with E-state index in [1.165, 1.54) is 16.7 Å². The first kappa shape index (κ1) is 5.04. The summed E-state index contributed by atoms with van der Waals surface area (Å²) in [6.07, 6.45) is 0. The van der Waals surface area contributed by atoms with Crippen LogP contribution in [0.25, 0.3) is 0 Å². The maximum atomic E-state index is 7.37. The van der Waals surface area contributed by atoms with Gasteiger partial charge in [-0.1, -0.05) is 18.2 Å². The third-order valence-electron chi connectivity index (χ3n) is 1.78. The van der Waals surface area contributed by atoms with E-state index in [-0.39, 0.29) is 0 Å². The highest BCUT2D eigenvalue weighted by Crippen LogP contribution is 2.09. The molecule has 1 rings (SSSR count). The van der Waals surface area contributed by atoms with E-state index in [4.69, 9.17) is 1.37 Å². The zero-order valence-electron chi connectivity index (χ0n) is 7.15. The normalized spacial score (nSPS) is 11.2. The van der Waals surface area contributed by atoms with E-state index >= 15 is 0 Å². The molecule has 1 aromatic carbocycles. The van der Waals surface area contributed by atoms with Crippen molar-refractivity contribution in [3.63, 3.8) is 0 Å². The van der Waals surface area contributed by atoms with Gasteiger partial charge in [0.2, 0.25) is 0 Å². The van der Waals surface area contributed by atoms with Crippen LogP contribution in [0.4, 0.5) is 0 Å². The van der Waals surface area contributed by atoms with E-state index < -0.39 is 0 Å². The monoisotopic (exact) mass is 122 g/mol. The average molecular weight is 122 g/mol. The number of hydrogen-bond donors (Lipinski definition) is 0. The van der Waals surface area contributed by atoms with Crippen LogP contribution in [0.5, 0.6) is 0 Å². The molecule has 0 spiro atoms. The number of aryl methyl sites for hydroxylation is 2. The summed E-state index contributed by atoms with van der Waals surface area (Å²) in [4.78, 5) is 0. The van der Waals surface area contributed by atoms with Gasteiger partial charge in [0.05, 0.1) is 1.37 Å². The molecule has 0 N–H and O–H groups in total. The lowest BCUT2D eigenvalue weighted by Gasteiger charge is -2.00. The van der Waals surface area contributed by atoms with Gasteiger partial charge < -0.3 is 0 Å². The molecule has 0 aromatic heterocycles. The van der Waals surface area contributed by atoms with Gasteiger partial charge in [-0.3, -0.25) is 0 Å². The smallest absolute Gasteiger partial charge is 0.0617 e. The molecule has 0 aliphatic carbocycles. The van der Waals surface area contributed by atoms with Crippen molar-refractivity contribution in [1.82, 2.24) is 0 Å². The molecule has 0 bridgehead atoms. The maximum Gasteiger partial charge on any atom is 0.0623 e. The van der Waals surface area contributed by atoms with Crippen LogP contribution in [0.2, 0.25) is 0 Å². The third-order valence-corrected chi connectivity index (χ3v) is 1.78. The van der Waals surface area contributed by atoms with Crippen molar-refractivity contribution in [1.29, 1.82) is 0 Å². The van der Waals surface area contributed by atoms with Gasteiger partial charge in [0, 0.05) is 0 Å². The summed E-state index contributed by atoms with van der Waals surface area (Å²) in [5.41, 5.74) is 3.73. The lowest BCUT2D eigenvalue weighted by Crippen LogP contribution is -1.82. The number of hydrogen-bond acceptors (Lipinski definition) is 0. The first-order valence-electron chi connectivity index (χ1n) is 3.65. The molecule has 0 saturated carbocycles. The third kappa shape index (κ3) is 1.13. The van der Waals surface area contributed by atoms with Gasteiger partial charge in [0.1, 0.15) is 0 Å². The Morgan fingerprint density at radius 2 is 1.56 bits per heavy atom. The van der Waals surface area contributed by atoms with E-state index in [9.17, 15) is 0 Å². The maximum absolute atomic E-state index is 7.37. The minimum atomic E-state index is 0.612. The second kappa shape index (κ2) is 2.22. The van der Waals surface area contributed by atoms with Gasteiger partial charge in [0.15, 0.2) is 0 Å². The highest BCUT2D eigenvalue weighted by atomic mass is 14.0. The molecule has 48 valence electrons. The molecule has 0 heteroatoms. The molecule has 0 radical (unpaired) electrons. The predicted molar refractivity (Wildman–Crippen MR) is 40.7 cm³/mol. The minimum Gasteiger partial charge on any atom is -0.0617 e. The summed E-state index contributed by atoms with van der Waals surface area (Å²) < 4.78 is 7.37. The molecular weight excluding hydrogens is 108 g/mol. The first-order valence-corrected chi connectivity index (χ1v) is 3.15. The Labute approximate surface area is 57.9 Å². The Kier molecular flexibility index (Phi) is 1.24. The zero-order valence-corrected chi connectivity index (χ0v) is 6.15. The summed E-state index contributed by atoms with van der Waals surface area (Å²) in [6, 6.07) is 4.39. The Morgan fingerprint density at radius 3 is 2.00 bits per heavy atom. The highest BCUT2D eigenvalue weighted by molar-refractivity contribution is 5.31. The summed E-state index contributed by atoms with van der Waals surface area (Å²) >= 11 is 0. The molecule has 0 fully saturated rings. The van der Waals surface area contributed by atoms with Crippen LogP contribution in [0.3, 0.4) is 0 Å². The average Bonchev–Trinajstić information content (AvgIpc) is 1.82. The van der Waals surface area contributed by atoms with E-state index in [1.54, 1.807) is 0 Å². The molecule has 0 atom stereocenters. The molecular formula is C9H12. The van der Waals surface area contributed by atoms with Crippen molar-refractivity contribution >= 4 is 0 Å². The highest BCUT2D eigenvalue weighted by Gasteiger charge is 1.91. The molecule has 0 saturated heterocycles. The lowest BCUT2D eigenvalue weighted by atomic mass is 10.1. The number of rotatable bonds is 0. The Bertz CT molecular complexity index is 228. The van der Waals surface area contributed by atoms with Gasteiger partial charge in [-0.25, -0.2) is 0 Å². The van der Waals surface area contributed by atoms with Crippen LogP contribution < -0.4 is 0 Å². The van der Waals surface area contributed by atoms with Gasteiger partial charge in [-0.2, -0.15) is 0 Å². The fourth-order valence-corrected chi connectivity index (χ4v) is 0.819. The summed E-state index contributed by atoms with van der Waals surface area (Å²) in [5, 5.41) is 0. The van der Waals surface area contributed by atoms with Crippen LogP contribution >= 0.6 is 0 Å². The fraction of sp³-hybridized carbons (Fsp3) is 0.333. The SMILES string of the molecule is [3H]c1cc(C)c(C)c(C)c1. The minimum absolute atomic E-state index is 0.612. The summed E-state index contributed by atoms with van der Waals surface area (Å²) in [5.74, 6) is 0. The first-order chi connectivity index (χ1) is 4.61. The van der Waals surface area contributed by atoms with Crippen molar-refractivity contribution in [2.75, 3.05) is 0 Å². The lowest BCUT2D eigenvalue weighted by molar-refractivity contribution is 1.27. The van der Waals surface area contributed by atoms with Gasteiger partial charge in [0.25, 0.3) is 0 Å². The van der Waals surface area contributed by atoms with Crippen molar-refractivity contribution < 1.29 is 1.37 Å². The van der Waals surface area contributed by atoms with E-state index in [1.807, 2.05) is 26.0 Å². The van der Waals surface area contributed by atoms with E-state index in [2.05, 4.69) is 6.92 Å². The molecule has 0 nitrogen and oxygen atoms in total. The summed E-state index contributed by atoms with van der Waals surface area (Å²) in [7, 11) is 0. The molecule has 0 unspecified atom stereocenters.